The molecule has 0 spiro atoms. The predicted molar refractivity (Wildman–Crippen MR) is 69.4 cm³/mol. The highest BCUT2D eigenvalue weighted by molar-refractivity contribution is 5.52. The molecule has 1 aliphatic rings. The second kappa shape index (κ2) is 4.29. The van der Waals surface area contributed by atoms with Crippen molar-refractivity contribution in [3.63, 3.8) is 0 Å². The Kier molecular flexibility index (Phi) is 3.08. The third kappa shape index (κ3) is 1.53. The lowest BCUT2D eigenvalue weighted by Gasteiger charge is -2.29. The summed E-state index contributed by atoms with van der Waals surface area (Å²) in [4.78, 5) is 0. The van der Waals surface area contributed by atoms with Gasteiger partial charge in [0.1, 0.15) is 11.4 Å². The molecule has 0 aliphatic heterocycles. The zero-order valence-electron chi connectivity index (χ0n) is 11.3. The molecular formula is C15H19NO2. The lowest BCUT2D eigenvalue weighted by atomic mass is 9.82. The lowest BCUT2D eigenvalue weighted by molar-refractivity contribution is -0.00684. The van der Waals surface area contributed by atoms with Gasteiger partial charge in [0, 0.05) is 0 Å². The molecule has 1 aliphatic carbocycles. The van der Waals surface area contributed by atoms with E-state index < -0.39 is 5.60 Å². The third-order valence-electron chi connectivity index (χ3n) is 4.44. The van der Waals surface area contributed by atoms with Crippen LogP contribution in [-0.4, -0.2) is 12.2 Å². The van der Waals surface area contributed by atoms with Crippen LogP contribution in [0.15, 0.2) is 12.1 Å². The van der Waals surface area contributed by atoms with Crippen LogP contribution < -0.4 is 4.74 Å². The molecule has 18 heavy (non-hydrogen) atoms. The van der Waals surface area contributed by atoms with Crippen molar-refractivity contribution in [3.05, 3.63) is 28.8 Å². The van der Waals surface area contributed by atoms with Gasteiger partial charge in [-0.05, 0) is 41.5 Å². The van der Waals surface area contributed by atoms with Crippen LogP contribution in [0.25, 0.3) is 0 Å². The van der Waals surface area contributed by atoms with E-state index in [9.17, 15) is 5.11 Å². The molecule has 0 amide bonds. The number of aliphatic hydroxyl groups is 1. The van der Waals surface area contributed by atoms with E-state index in [1.807, 2.05) is 26.0 Å². The lowest BCUT2D eigenvalue weighted by Crippen LogP contribution is -2.30. The third-order valence-corrected chi connectivity index (χ3v) is 4.44. The van der Waals surface area contributed by atoms with Gasteiger partial charge in [0.2, 0.25) is 0 Å². The predicted octanol–water partition coefficient (Wildman–Crippen LogP) is 2.86. The van der Waals surface area contributed by atoms with Gasteiger partial charge < -0.3 is 9.84 Å². The van der Waals surface area contributed by atoms with Crippen molar-refractivity contribution in [1.82, 2.24) is 0 Å². The van der Waals surface area contributed by atoms with E-state index in [1.165, 1.54) is 0 Å². The summed E-state index contributed by atoms with van der Waals surface area (Å²) in [5.41, 5.74) is 1.92. The first-order valence-electron chi connectivity index (χ1n) is 6.24. The van der Waals surface area contributed by atoms with Crippen molar-refractivity contribution in [2.45, 2.75) is 38.7 Å². The van der Waals surface area contributed by atoms with Crippen molar-refractivity contribution in [1.29, 1.82) is 5.26 Å². The molecule has 3 atom stereocenters. The molecule has 0 fully saturated rings. The highest BCUT2D eigenvalue weighted by Crippen LogP contribution is 2.52. The molecule has 0 saturated carbocycles. The zero-order chi connectivity index (χ0) is 13.5. The number of nitrogens with zero attached hydrogens (tertiary/aromatic N) is 1. The maximum Gasteiger partial charge on any atom is 0.122 e. The average molecular weight is 245 g/mol. The maximum absolute atomic E-state index is 10.9. The quantitative estimate of drug-likeness (QED) is 0.871. The van der Waals surface area contributed by atoms with Gasteiger partial charge in [-0.25, -0.2) is 0 Å². The second-order valence-corrected chi connectivity index (χ2v) is 5.19. The molecule has 2 rings (SSSR count). The normalized spacial score (nSPS) is 29.8. The van der Waals surface area contributed by atoms with Crippen molar-refractivity contribution in [2.75, 3.05) is 7.11 Å². The van der Waals surface area contributed by atoms with Gasteiger partial charge in [0.25, 0.3) is 0 Å². The van der Waals surface area contributed by atoms with Crippen LogP contribution in [0, 0.1) is 24.2 Å². The number of benzene rings is 1. The second-order valence-electron chi connectivity index (χ2n) is 5.19. The number of ether oxygens (including phenoxy) is 1. The summed E-state index contributed by atoms with van der Waals surface area (Å²) in [6, 6.07) is 6.07. The monoisotopic (exact) mass is 245 g/mol. The van der Waals surface area contributed by atoms with E-state index in [1.54, 1.807) is 7.11 Å². The number of rotatable bonds is 2. The summed E-state index contributed by atoms with van der Waals surface area (Å²) in [5.74, 6) is 1.06. The summed E-state index contributed by atoms with van der Waals surface area (Å²) in [6.07, 6.45) is 0.125. The van der Waals surface area contributed by atoms with E-state index in [2.05, 4.69) is 13.0 Å². The summed E-state index contributed by atoms with van der Waals surface area (Å²) in [6.45, 7) is 6.06. The van der Waals surface area contributed by atoms with Gasteiger partial charge in [-0.3, -0.25) is 0 Å². The number of hydrogen-bond acceptors (Lipinski definition) is 3. The Morgan fingerprint density at radius 3 is 2.67 bits per heavy atom. The van der Waals surface area contributed by atoms with Gasteiger partial charge in [-0.15, -0.1) is 0 Å². The minimum absolute atomic E-state index is 0.0398. The van der Waals surface area contributed by atoms with Crippen LogP contribution in [-0.2, 0) is 5.60 Å². The summed E-state index contributed by atoms with van der Waals surface area (Å²) in [5, 5.41) is 19.9. The summed E-state index contributed by atoms with van der Waals surface area (Å²) >= 11 is 0. The fourth-order valence-corrected chi connectivity index (χ4v) is 3.17. The average Bonchev–Trinajstić information content (AvgIpc) is 2.53. The van der Waals surface area contributed by atoms with Crippen LogP contribution >= 0.6 is 0 Å². The zero-order valence-corrected chi connectivity index (χ0v) is 11.3. The molecule has 0 radical (unpaired) electrons. The van der Waals surface area contributed by atoms with Crippen molar-refractivity contribution in [2.24, 2.45) is 5.92 Å². The first-order chi connectivity index (χ1) is 8.47. The Balaban J connectivity index is 2.69. The van der Waals surface area contributed by atoms with Crippen LogP contribution in [0.3, 0.4) is 0 Å². The van der Waals surface area contributed by atoms with Crippen LogP contribution in [0.2, 0.25) is 0 Å². The fraction of sp³-hybridized carbons (Fsp3) is 0.533. The van der Waals surface area contributed by atoms with Crippen LogP contribution in [0.4, 0.5) is 0 Å². The van der Waals surface area contributed by atoms with Crippen molar-refractivity contribution in [3.8, 4) is 11.8 Å². The minimum atomic E-state index is -1.05. The Morgan fingerprint density at radius 1 is 1.44 bits per heavy atom. The molecule has 0 aromatic heterocycles. The summed E-state index contributed by atoms with van der Waals surface area (Å²) < 4.78 is 5.32. The molecule has 3 heteroatoms. The number of fused-ring (bicyclic) bond motifs is 1. The number of nitriles is 1. The SMILES string of the molecule is COc1ccc2c(c1C)C(O)(CC#N)C(C)C2C. The molecule has 1 aromatic rings. The summed E-state index contributed by atoms with van der Waals surface area (Å²) in [7, 11) is 1.62. The molecule has 3 nitrogen and oxygen atoms in total. The van der Waals surface area contributed by atoms with E-state index in [4.69, 9.17) is 10.00 Å². The van der Waals surface area contributed by atoms with Gasteiger partial charge >= 0.3 is 0 Å². The molecule has 0 bridgehead atoms. The maximum atomic E-state index is 10.9. The fourth-order valence-electron chi connectivity index (χ4n) is 3.17. The topological polar surface area (TPSA) is 53.2 Å². The molecule has 0 saturated heterocycles. The van der Waals surface area contributed by atoms with E-state index in [0.717, 1.165) is 22.4 Å². The molecule has 0 heterocycles. The van der Waals surface area contributed by atoms with Gasteiger partial charge in [0.15, 0.2) is 0 Å². The Bertz CT molecular complexity index is 518. The van der Waals surface area contributed by atoms with Gasteiger partial charge in [0.05, 0.1) is 19.6 Å². The standard InChI is InChI=1S/C15H19NO2/c1-9-11(3)15(17,7-8-16)14-10(2)13(18-4)6-5-12(9)14/h5-6,9,11,17H,7H2,1-4H3. The molecular weight excluding hydrogens is 226 g/mol. The number of hydrogen-bond donors (Lipinski definition) is 1. The Hall–Kier alpha value is -1.53. The largest absolute Gasteiger partial charge is 0.496 e. The number of methoxy groups -OCH3 is 1. The van der Waals surface area contributed by atoms with Crippen LogP contribution in [0.5, 0.6) is 5.75 Å². The highest BCUT2D eigenvalue weighted by Gasteiger charge is 2.48. The van der Waals surface area contributed by atoms with E-state index >= 15 is 0 Å². The molecule has 96 valence electrons. The molecule has 1 aromatic carbocycles. The van der Waals surface area contributed by atoms with Gasteiger partial charge in [-0.2, -0.15) is 5.26 Å². The smallest absolute Gasteiger partial charge is 0.122 e. The molecule has 3 unspecified atom stereocenters. The Labute approximate surface area is 108 Å². The molecule has 1 N–H and O–H groups in total. The minimum Gasteiger partial charge on any atom is -0.496 e. The first-order valence-corrected chi connectivity index (χ1v) is 6.24. The van der Waals surface area contributed by atoms with Crippen molar-refractivity contribution >= 4 is 0 Å². The Morgan fingerprint density at radius 2 is 2.11 bits per heavy atom. The highest BCUT2D eigenvalue weighted by atomic mass is 16.5. The van der Waals surface area contributed by atoms with E-state index in [0.29, 0.717) is 0 Å². The van der Waals surface area contributed by atoms with Crippen LogP contribution in [0.1, 0.15) is 42.9 Å². The van der Waals surface area contributed by atoms with Crippen molar-refractivity contribution < 1.29 is 9.84 Å². The van der Waals surface area contributed by atoms with E-state index in [-0.39, 0.29) is 18.3 Å². The first kappa shape index (κ1) is 12.9. The van der Waals surface area contributed by atoms with Gasteiger partial charge in [-0.1, -0.05) is 19.9 Å².